The van der Waals surface area contributed by atoms with Gasteiger partial charge in [-0.25, -0.2) is 0 Å². The quantitative estimate of drug-likeness (QED) is 0.624. The van der Waals surface area contributed by atoms with Gasteiger partial charge in [-0.1, -0.05) is 0 Å². The summed E-state index contributed by atoms with van der Waals surface area (Å²) in [5.41, 5.74) is 3.93. The largest absolute Gasteiger partial charge is 0.493 e. The van der Waals surface area contributed by atoms with Crippen LogP contribution in [-0.2, 0) is 4.74 Å². The molecule has 1 saturated heterocycles. The Morgan fingerprint density at radius 3 is 2.89 bits per heavy atom. The van der Waals surface area contributed by atoms with Crippen LogP contribution in [0.5, 0.6) is 5.75 Å². The van der Waals surface area contributed by atoms with Crippen molar-refractivity contribution in [1.82, 2.24) is 15.2 Å². The first kappa shape index (κ1) is 14.3. The summed E-state index contributed by atoms with van der Waals surface area (Å²) in [6, 6.07) is 0.263. The number of methoxy groups -OCH3 is 1. The van der Waals surface area contributed by atoms with Gasteiger partial charge in [0, 0.05) is 18.6 Å². The van der Waals surface area contributed by atoms with E-state index in [2.05, 4.69) is 24.4 Å². The van der Waals surface area contributed by atoms with Crippen molar-refractivity contribution in [3.63, 3.8) is 0 Å². The number of nitrogens with zero attached hydrogens (tertiary/aromatic N) is 2. The van der Waals surface area contributed by atoms with Gasteiger partial charge >= 0.3 is 0 Å². The lowest BCUT2D eigenvalue weighted by Crippen LogP contribution is -2.39. The number of rotatable bonds is 5. The molecule has 6 nitrogen and oxygen atoms in total. The van der Waals surface area contributed by atoms with E-state index in [4.69, 9.17) is 15.3 Å². The van der Waals surface area contributed by atoms with E-state index in [1.54, 1.807) is 13.3 Å². The van der Waals surface area contributed by atoms with Crippen LogP contribution in [0.4, 0.5) is 0 Å². The Labute approximate surface area is 114 Å². The smallest absolute Gasteiger partial charge is 0.161 e. The van der Waals surface area contributed by atoms with Gasteiger partial charge in [0.1, 0.15) is 0 Å². The number of nitrogens with two attached hydrogens (primary N) is 1. The van der Waals surface area contributed by atoms with Gasteiger partial charge in [-0.05, 0) is 26.7 Å². The van der Waals surface area contributed by atoms with Crippen LogP contribution in [0.2, 0.25) is 0 Å². The first-order chi connectivity index (χ1) is 9.19. The number of hydrazine groups is 1. The molecule has 1 aromatic rings. The summed E-state index contributed by atoms with van der Waals surface area (Å²) in [5.74, 6) is 6.91. The fraction of sp³-hybridized carbons (Fsp3) is 0.769. The number of hydrogen-bond acceptors (Lipinski definition) is 5. The molecule has 0 aliphatic carbocycles. The Hall–Kier alpha value is -1.11. The highest BCUT2D eigenvalue weighted by molar-refractivity contribution is 5.29. The molecule has 0 spiro atoms. The van der Waals surface area contributed by atoms with E-state index in [9.17, 15) is 0 Å². The van der Waals surface area contributed by atoms with Crippen LogP contribution >= 0.6 is 0 Å². The maximum Gasteiger partial charge on any atom is 0.161 e. The van der Waals surface area contributed by atoms with Crippen molar-refractivity contribution in [3.8, 4) is 5.75 Å². The topological polar surface area (TPSA) is 74.3 Å². The lowest BCUT2D eigenvalue weighted by atomic mass is 9.91. The molecule has 2 rings (SSSR count). The van der Waals surface area contributed by atoms with Crippen molar-refractivity contribution in [2.24, 2.45) is 11.8 Å². The third-order valence-corrected chi connectivity index (χ3v) is 3.65. The molecule has 0 amide bonds. The molecule has 6 heteroatoms. The predicted molar refractivity (Wildman–Crippen MR) is 72.8 cm³/mol. The van der Waals surface area contributed by atoms with Gasteiger partial charge in [0.05, 0.1) is 31.6 Å². The minimum Gasteiger partial charge on any atom is -0.493 e. The highest BCUT2D eigenvalue weighted by Crippen LogP contribution is 2.34. The maximum atomic E-state index is 5.79. The molecule has 19 heavy (non-hydrogen) atoms. The van der Waals surface area contributed by atoms with Crippen molar-refractivity contribution in [2.75, 3.05) is 20.3 Å². The highest BCUT2D eigenvalue weighted by atomic mass is 16.5. The normalized spacial score (nSPS) is 21.6. The molecule has 1 aliphatic heterocycles. The standard InChI is InChI=1S/C13H24N4O2/c1-9(2)17-13(11(18-3)7-15-17)12(16-14)10-5-4-6-19-8-10/h7,9-10,12,16H,4-6,8,14H2,1-3H3. The second kappa shape index (κ2) is 6.36. The monoisotopic (exact) mass is 268 g/mol. The predicted octanol–water partition coefficient (Wildman–Crippen LogP) is 1.40. The van der Waals surface area contributed by atoms with E-state index in [1.165, 1.54) is 0 Å². The SMILES string of the molecule is COc1cnn(C(C)C)c1C(NN)C1CCCOC1. The van der Waals surface area contributed by atoms with Crippen molar-refractivity contribution >= 4 is 0 Å². The number of aromatic nitrogens is 2. The Kier molecular flexibility index (Phi) is 4.79. The van der Waals surface area contributed by atoms with Gasteiger partial charge in [-0.2, -0.15) is 5.10 Å². The summed E-state index contributed by atoms with van der Waals surface area (Å²) in [5, 5.41) is 4.41. The average Bonchev–Trinajstić information content (AvgIpc) is 2.85. The summed E-state index contributed by atoms with van der Waals surface area (Å²) in [6.07, 6.45) is 3.92. The van der Waals surface area contributed by atoms with Crippen molar-refractivity contribution in [1.29, 1.82) is 0 Å². The third-order valence-electron chi connectivity index (χ3n) is 3.65. The zero-order valence-corrected chi connectivity index (χ0v) is 11.9. The van der Waals surface area contributed by atoms with E-state index in [-0.39, 0.29) is 12.1 Å². The molecule has 1 aliphatic rings. The van der Waals surface area contributed by atoms with Gasteiger partial charge in [0.15, 0.2) is 5.75 Å². The first-order valence-electron chi connectivity index (χ1n) is 6.84. The van der Waals surface area contributed by atoms with E-state index in [0.717, 1.165) is 37.5 Å². The lowest BCUT2D eigenvalue weighted by Gasteiger charge is -2.31. The average molecular weight is 268 g/mol. The Morgan fingerprint density at radius 1 is 1.58 bits per heavy atom. The minimum atomic E-state index is 0.000139. The Balaban J connectivity index is 2.32. The molecular formula is C13H24N4O2. The Morgan fingerprint density at radius 2 is 2.37 bits per heavy atom. The van der Waals surface area contributed by atoms with E-state index in [1.807, 2.05) is 4.68 Å². The third kappa shape index (κ3) is 2.91. The molecular weight excluding hydrogens is 244 g/mol. The lowest BCUT2D eigenvalue weighted by molar-refractivity contribution is 0.0370. The molecule has 0 aromatic carbocycles. The van der Waals surface area contributed by atoms with Gasteiger partial charge in [0.2, 0.25) is 0 Å². The maximum absolute atomic E-state index is 5.79. The van der Waals surface area contributed by atoms with Crippen LogP contribution in [0.25, 0.3) is 0 Å². The molecule has 0 saturated carbocycles. The second-order valence-corrected chi connectivity index (χ2v) is 5.26. The molecule has 2 heterocycles. The zero-order chi connectivity index (χ0) is 13.8. The fourth-order valence-corrected chi connectivity index (χ4v) is 2.69. The molecule has 108 valence electrons. The summed E-state index contributed by atoms with van der Waals surface area (Å²) in [6.45, 7) is 5.76. The summed E-state index contributed by atoms with van der Waals surface area (Å²) < 4.78 is 13.0. The number of nitrogens with one attached hydrogen (secondary N) is 1. The minimum absolute atomic E-state index is 0.000139. The van der Waals surface area contributed by atoms with Crippen LogP contribution in [0.3, 0.4) is 0 Å². The molecule has 2 unspecified atom stereocenters. The van der Waals surface area contributed by atoms with Gasteiger partial charge in [0.25, 0.3) is 0 Å². The van der Waals surface area contributed by atoms with E-state index in [0.29, 0.717) is 5.92 Å². The first-order valence-corrected chi connectivity index (χ1v) is 6.84. The molecule has 3 N–H and O–H groups in total. The molecule has 2 atom stereocenters. The highest BCUT2D eigenvalue weighted by Gasteiger charge is 2.31. The second-order valence-electron chi connectivity index (χ2n) is 5.26. The zero-order valence-electron chi connectivity index (χ0n) is 11.9. The molecule has 1 fully saturated rings. The van der Waals surface area contributed by atoms with Crippen molar-refractivity contribution in [3.05, 3.63) is 11.9 Å². The fourth-order valence-electron chi connectivity index (χ4n) is 2.69. The van der Waals surface area contributed by atoms with E-state index < -0.39 is 0 Å². The van der Waals surface area contributed by atoms with Crippen LogP contribution in [0.1, 0.15) is 44.5 Å². The van der Waals surface area contributed by atoms with Gasteiger partial charge in [-0.3, -0.25) is 16.0 Å². The molecule has 0 bridgehead atoms. The number of ether oxygens (including phenoxy) is 2. The number of hydrogen-bond donors (Lipinski definition) is 2. The Bertz CT molecular complexity index is 399. The molecule has 1 aromatic heterocycles. The van der Waals surface area contributed by atoms with Crippen LogP contribution in [-0.4, -0.2) is 30.1 Å². The summed E-state index contributed by atoms with van der Waals surface area (Å²) in [4.78, 5) is 0. The van der Waals surface area contributed by atoms with Crippen molar-refractivity contribution < 1.29 is 9.47 Å². The van der Waals surface area contributed by atoms with Crippen LogP contribution < -0.4 is 16.0 Å². The van der Waals surface area contributed by atoms with E-state index >= 15 is 0 Å². The van der Waals surface area contributed by atoms with Crippen LogP contribution in [0.15, 0.2) is 6.20 Å². The molecule has 0 radical (unpaired) electrons. The van der Waals surface area contributed by atoms with Crippen LogP contribution in [0, 0.1) is 5.92 Å². The summed E-state index contributed by atoms with van der Waals surface area (Å²) >= 11 is 0. The van der Waals surface area contributed by atoms with Gasteiger partial charge in [-0.15, -0.1) is 0 Å². The van der Waals surface area contributed by atoms with Gasteiger partial charge < -0.3 is 9.47 Å². The summed E-state index contributed by atoms with van der Waals surface area (Å²) in [7, 11) is 1.66. The van der Waals surface area contributed by atoms with Crippen molar-refractivity contribution in [2.45, 2.75) is 38.8 Å².